The topological polar surface area (TPSA) is 0 Å². The van der Waals surface area contributed by atoms with Gasteiger partial charge in [0.25, 0.3) is 10.2 Å². The third kappa shape index (κ3) is 5.01. The fraction of sp³-hybridized carbons (Fsp3) is 0.333. The van der Waals surface area contributed by atoms with Gasteiger partial charge >= 0.3 is 0 Å². The summed E-state index contributed by atoms with van der Waals surface area (Å²) in [6, 6.07) is 7.49. The molecule has 1 atom stereocenters. The second-order valence-electron chi connectivity index (χ2n) is 3.61. The Labute approximate surface area is 84.8 Å². The first-order valence-electron chi connectivity index (χ1n) is 4.25. The van der Waals surface area contributed by atoms with Crippen molar-refractivity contribution in [2.75, 3.05) is 5.75 Å². The molecule has 0 aliphatic rings. The van der Waals surface area contributed by atoms with Crippen LogP contribution in [0, 0.1) is 0 Å². The Bertz CT molecular complexity index is 341. The van der Waals surface area contributed by atoms with Gasteiger partial charge in [-0.3, -0.25) is 0 Å². The Balaban J connectivity index is 2.87. The van der Waals surface area contributed by atoms with Gasteiger partial charge in [-0.25, -0.2) is 0 Å². The zero-order valence-electron chi connectivity index (χ0n) is 7.97. The molecule has 0 heterocycles. The lowest BCUT2D eigenvalue weighted by Crippen LogP contribution is -2.16. The van der Waals surface area contributed by atoms with Gasteiger partial charge in [-0.15, -0.1) is 0 Å². The monoisotopic (exact) mass is 246 g/mol. The van der Waals surface area contributed by atoms with Crippen LogP contribution in [-0.4, -0.2) is 5.75 Å². The summed E-state index contributed by atoms with van der Waals surface area (Å²) in [5, 5.41) is 0. The minimum Gasteiger partial charge on any atom is -0.0978 e. The highest BCUT2D eigenvalue weighted by atomic mass is 32.5. The van der Waals surface area contributed by atoms with Crippen LogP contribution in [0.25, 0.3) is 0 Å². The summed E-state index contributed by atoms with van der Waals surface area (Å²) >= 11 is 0. The molecule has 1 aromatic carbocycles. The van der Waals surface area contributed by atoms with E-state index in [4.69, 9.17) is 0 Å². The fourth-order valence-corrected chi connectivity index (χ4v) is 2.49. The van der Waals surface area contributed by atoms with E-state index in [1.807, 2.05) is 0 Å². The molecule has 88 valence electrons. The van der Waals surface area contributed by atoms with E-state index in [9.17, 15) is 19.4 Å². The van der Waals surface area contributed by atoms with Crippen LogP contribution in [0.1, 0.15) is 18.4 Å². The molecular formula is C9H11F5S. The lowest BCUT2D eigenvalue weighted by Gasteiger charge is -2.42. The van der Waals surface area contributed by atoms with E-state index in [0.717, 1.165) is 6.92 Å². The van der Waals surface area contributed by atoms with Gasteiger partial charge < -0.3 is 0 Å². The fourth-order valence-electron chi connectivity index (χ4n) is 1.35. The minimum atomic E-state index is -9.30. The molecule has 1 unspecified atom stereocenters. The van der Waals surface area contributed by atoms with Gasteiger partial charge in [0, 0.05) is 0 Å². The van der Waals surface area contributed by atoms with Crippen LogP contribution in [0.3, 0.4) is 0 Å². The van der Waals surface area contributed by atoms with Gasteiger partial charge in [-0.05, 0) is 11.5 Å². The maximum Gasteiger partial charge on any atom is 0.286 e. The molecule has 0 radical (unpaired) electrons. The molecule has 1 rings (SSSR count). The second-order valence-corrected chi connectivity index (χ2v) is 6.20. The highest BCUT2D eigenvalue weighted by molar-refractivity contribution is 8.45. The first-order chi connectivity index (χ1) is 6.47. The van der Waals surface area contributed by atoms with Crippen molar-refractivity contribution in [3.05, 3.63) is 35.9 Å². The molecule has 1 aromatic rings. The molecule has 0 spiro atoms. The molecule has 15 heavy (non-hydrogen) atoms. The summed E-state index contributed by atoms with van der Waals surface area (Å²) in [6.45, 7) is 1.15. The molecule has 0 saturated carbocycles. The average molecular weight is 246 g/mol. The van der Waals surface area contributed by atoms with Gasteiger partial charge in [-0.1, -0.05) is 56.7 Å². The van der Waals surface area contributed by atoms with E-state index >= 15 is 0 Å². The predicted octanol–water partition coefficient (Wildman–Crippen LogP) is 5.09. The number of hydrogen-bond acceptors (Lipinski definition) is 0. The number of hydrogen-bond donors (Lipinski definition) is 0. The smallest absolute Gasteiger partial charge is 0.0978 e. The van der Waals surface area contributed by atoms with E-state index in [-0.39, 0.29) is 5.56 Å². The van der Waals surface area contributed by atoms with Gasteiger partial charge in [0.2, 0.25) is 0 Å². The predicted molar refractivity (Wildman–Crippen MR) is 52.9 cm³/mol. The summed E-state index contributed by atoms with van der Waals surface area (Å²) in [4.78, 5) is 0. The number of benzene rings is 1. The minimum absolute atomic E-state index is 0.269. The van der Waals surface area contributed by atoms with E-state index in [1.165, 1.54) is 24.3 Å². The maximum absolute atomic E-state index is 12.2. The standard InChI is InChI=1S/C9H11F5S/c1-8(7-15(10,11,12,13)14)9-5-3-2-4-6-9/h2-6,8H,7H2,1H3. The van der Waals surface area contributed by atoms with Crippen molar-refractivity contribution in [1.82, 2.24) is 0 Å². The zero-order valence-corrected chi connectivity index (χ0v) is 8.79. The van der Waals surface area contributed by atoms with E-state index < -0.39 is 21.9 Å². The highest BCUT2D eigenvalue weighted by Gasteiger charge is 2.63. The van der Waals surface area contributed by atoms with Crippen LogP contribution < -0.4 is 0 Å². The van der Waals surface area contributed by atoms with Gasteiger partial charge in [-0.2, -0.15) is 0 Å². The first-order valence-corrected chi connectivity index (χ1v) is 6.37. The number of halogens is 5. The second kappa shape index (κ2) is 2.87. The average Bonchev–Trinajstić information content (AvgIpc) is 2.00. The molecule has 0 N–H and O–H groups in total. The Morgan fingerprint density at radius 2 is 1.47 bits per heavy atom. The quantitative estimate of drug-likeness (QED) is 0.652. The van der Waals surface area contributed by atoms with Crippen molar-refractivity contribution in [3.63, 3.8) is 0 Å². The molecule has 0 amide bonds. The van der Waals surface area contributed by atoms with Crippen molar-refractivity contribution in [2.45, 2.75) is 12.8 Å². The van der Waals surface area contributed by atoms with Crippen LogP contribution in [0.2, 0.25) is 0 Å². The Morgan fingerprint density at radius 3 is 1.87 bits per heavy atom. The Morgan fingerprint density at radius 1 is 1.00 bits per heavy atom. The normalized spacial score (nSPS) is 19.1. The van der Waals surface area contributed by atoms with Crippen molar-refractivity contribution in [1.29, 1.82) is 0 Å². The van der Waals surface area contributed by atoms with Crippen LogP contribution in [0.4, 0.5) is 19.4 Å². The summed E-state index contributed by atoms with van der Waals surface area (Å²) in [5.74, 6) is -3.26. The van der Waals surface area contributed by atoms with Crippen molar-refractivity contribution >= 4 is 10.2 Å². The molecule has 0 aliphatic carbocycles. The van der Waals surface area contributed by atoms with Crippen molar-refractivity contribution < 1.29 is 19.4 Å². The van der Waals surface area contributed by atoms with E-state index in [1.54, 1.807) is 6.07 Å². The lowest BCUT2D eigenvalue weighted by molar-refractivity contribution is 0.359. The molecular weight excluding hydrogens is 235 g/mol. The van der Waals surface area contributed by atoms with Crippen molar-refractivity contribution in [2.24, 2.45) is 0 Å². The Kier molecular flexibility index (Phi) is 2.35. The summed E-state index contributed by atoms with van der Waals surface area (Å²) < 4.78 is 60.8. The van der Waals surface area contributed by atoms with Crippen molar-refractivity contribution in [3.8, 4) is 0 Å². The van der Waals surface area contributed by atoms with E-state index in [0.29, 0.717) is 0 Å². The summed E-state index contributed by atoms with van der Waals surface area (Å²) in [7, 11) is -9.30. The molecule has 6 heteroatoms. The number of rotatable bonds is 3. The SMILES string of the molecule is CC(CS(F)(F)(F)(F)F)c1ccccc1. The molecule has 0 aromatic heterocycles. The van der Waals surface area contributed by atoms with Crippen LogP contribution in [0.5, 0.6) is 0 Å². The largest absolute Gasteiger partial charge is 0.286 e. The molecule has 0 bridgehead atoms. The van der Waals surface area contributed by atoms with Gasteiger partial charge in [0.1, 0.15) is 0 Å². The molecule has 0 fully saturated rings. The lowest BCUT2D eigenvalue weighted by atomic mass is 10.0. The third-order valence-electron chi connectivity index (χ3n) is 1.93. The Hall–Kier alpha value is -0.780. The summed E-state index contributed by atoms with van der Waals surface area (Å²) in [5.41, 5.74) is 0.269. The summed E-state index contributed by atoms with van der Waals surface area (Å²) in [6.07, 6.45) is 0. The molecule has 0 nitrogen and oxygen atoms in total. The van der Waals surface area contributed by atoms with E-state index in [2.05, 4.69) is 0 Å². The zero-order chi connectivity index (χ0) is 11.8. The third-order valence-corrected chi connectivity index (χ3v) is 3.06. The van der Waals surface area contributed by atoms with Crippen LogP contribution in [-0.2, 0) is 0 Å². The van der Waals surface area contributed by atoms with Crippen LogP contribution in [0.15, 0.2) is 30.3 Å². The van der Waals surface area contributed by atoms with Crippen LogP contribution >= 0.6 is 10.2 Å². The maximum atomic E-state index is 12.2. The molecule has 0 aliphatic heterocycles. The first kappa shape index (κ1) is 12.3. The van der Waals surface area contributed by atoms with Gasteiger partial charge in [0.15, 0.2) is 0 Å². The van der Waals surface area contributed by atoms with Gasteiger partial charge in [0.05, 0.1) is 5.75 Å². The molecule has 0 saturated heterocycles. The highest BCUT2D eigenvalue weighted by Crippen LogP contribution is 2.98.